The maximum atomic E-state index is 11.6. The van der Waals surface area contributed by atoms with E-state index >= 15 is 0 Å². The monoisotopic (exact) mass is 267 g/mol. The van der Waals surface area contributed by atoms with Crippen LogP contribution in [0.1, 0.15) is 32.6 Å². The van der Waals surface area contributed by atoms with Crippen LogP contribution in [0.2, 0.25) is 0 Å². The lowest BCUT2D eigenvalue weighted by Gasteiger charge is -2.11. The number of hydrogen-bond donors (Lipinski definition) is 0. The fourth-order valence-electron chi connectivity index (χ4n) is 1.91. The van der Waals surface area contributed by atoms with Gasteiger partial charge >= 0.3 is 12.1 Å². The van der Waals surface area contributed by atoms with Gasteiger partial charge in [0.15, 0.2) is 0 Å². The molecule has 0 aromatic rings. The molecule has 0 bridgehead atoms. The number of esters is 1. The minimum absolute atomic E-state index is 0.369. The first-order valence-electron chi connectivity index (χ1n) is 6.29. The van der Waals surface area contributed by atoms with E-state index in [1.807, 2.05) is 24.8 Å². The second-order valence-corrected chi connectivity index (χ2v) is 5.52. The SMILES string of the molecule is CCCCN1C(=O)OC(=O)/C1=C\C=C1\CCCS1. The van der Waals surface area contributed by atoms with Gasteiger partial charge in [-0.1, -0.05) is 19.4 Å². The van der Waals surface area contributed by atoms with Crippen LogP contribution in [0.15, 0.2) is 22.8 Å². The van der Waals surface area contributed by atoms with E-state index in [0.29, 0.717) is 12.2 Å². The first-order valence-corrected chi connectivity index (χ1v) is 7.28. The van der Waals surface area contributed by atoms with E-state index in [1.54, 1.807) is 6.08 Å². The summed E-state index contributed by atoms with van der Waals surface area (Å²) in [4.78, 5) is 25.8. The Morgan fingerprint density at radius 3 is 2.89 bits per heavy atom. The number of hydrogen-bond acceptors (Lipinski definition) is 4. The molecule has 0 atom stereocenters. The zero-order valence-electron chi connectivity index (χ0n) is 10.5. The topological polar surface area (TPSA) is 46.6 Å². The average molecular weight is 267 g/mol. The summed E-state index contributed by atoms with van der Waals surface area (Å²) in [5.74, 6) is 0.605. The van der Waals surface area contributed by atoms with Crippen LogP contribution in [0, 0.1) is 0 Å². The highest BCUT2D eigenvalue weighted by atomic mass is 32.2. The van der Waals surface area contributed by atoms with Gasteiger partial charge in [0.1, 0.15) is 5.70 Å². The van der Waals surface area contributed by atoms with Crippen molar-refractivity contribution in [2.45, 2.75) is 32.6 Å². The lowest BCUT2D eigenvalue weighted by atomic mass is 10.2. The van der Waals surface area contributed by atoms with E-state index in [9.17, 15) is 9.59 Å². The largest absolute Gasteiger partial charge is 0.422 e. The van der Waals surface area contributed by atoms with Crippen LogP contribution < -0.4 is 0 Å². The fourth-order valence-corrected chi connectivity index (χ4v) is 2.91. The molecule has 0 spiro atoms. The summed E-state index contributed by atoms with van der Waals surface area (Å²) < 4.78 is 4.64. The molecular formula is C13H17NO3S. The van der Waals surface area contributed by atoms with E-state index in [2.05, 4.69) is 4.74 Å². The molecule has 2 fully saturated rings. The molecule has 0 aromatic carbocycles. The smallest absolute Gasteiger partial charge is 0.371 e. The maximum Gasteiger partial charge on any atom is 0.422 e. The Bertz CT molecular complexity index is 406. The van der Waals surface area contributed by atoms with Crippen molar-refractivity contribution in [3.05, 3.63) is 22.8 Å². The minimum Gasteiger partial charge on any atom is -0.371 e. The van der Waals surface area contributed by atoms with Crippen molar-refractivity contribution in [1.82, 2.24) is 4.90 Å². The molecule has 1 amide bonds. The van der Waals surface area contributed by atoms with Crippen molar-refractivity contribution in [3.8, 4) is 0 Å². The Kier molecular flexibility index (Phi) is 4.47. The van der Waals surface area contributed by atoms with Gasteiger partial charge in [-0.3, -0.25) is 4.90 Å². The third-order valence-corrected chi connectivity index (χ3v) is 4.12. The van der Waals surface area contributed by atoms with Gasteiger partial charge in [0.25, 0.3) is 0 Å². The Morgan fingerprint density at radius 1 is 1.39 bits per heavy atom. The second kappa shape index (κ2) is 6.09. The summed E-state index contributed by atoms with van der Waals surface area (Å²) >= 11 is 1.81. The number of carbonyl (C=O) groups is 2. The van der Waals surface area contributed by atoms with Crippen molar-refractivity contribution in [2.75, 3.05) is 12.3 Å². The van der Waals surface area contributed by atoms with Crippen LogP contribution in [-0.2, 0) is 9.53 Å². The Morgan fingerprint density at radius 2 is 2.22 bits per heavy atom. The summed E-state index contributed by atoms with van der Waals surface area (Å²) in [6.07, 6.45) is 7.20. The highest BCUT2D eigenvalue weighted by molar-refractivity contribution is 8.03. The number of ether oxygens (including phenoxy) is 1. The number of nitrogens with zero attached hydrogens (tertiary/aromatic N) is 1. The predicted octanol–water partition coefficient (Wildman–Crippen LogP) is 3.06. The van der Waals surface area contributed by atoms with Crippen LogP contribution in [0.5, 0.6) is 0 Å². The molecule has 0 saturated carbocycles. The average Bonchev–Trinajstić information content (AvgIpc) is 2.93. The normalized spacial score (nSPS) is 24.4. The molecule has 2 rings (SSSR count). The molecule has 0 aromatic heterocycles. The molecule has 2 aliphatic rings. The quantitative estimate of drug-likeness (QED) is 0.446. The van der Waals surface area contributed by atoms with E-state index in [1.165, 1.54) is 16.2 Å². The predicted molar refractivity (Wildman–Crippen MR) is 71.0 cm³/mol. The van der Waals surface area contributed by atoms with Gasteiger partial charge < -0.3 is 4.74 Å². The van der Waals surface area contributed by atoms with Crippen molar-refractivity contribution in [1.29, 1.82) is 0 Å². The first kappa shape index (κ1) is 13.2. The first-order chi connectivity index (χ1) is 8.72. The molecule has 0 aliphatic carbocycles. The molecule has 2 heterocycles. The van der Waals surface area contributed by atoms with Gasteiger partial charge in [-0.15, -0.1) is 11.8 Å². The maximum absolute atomic E-state index is 11.6. The standard InChI is InChI=1S/C13H17NO3S/c1-2-3-8-14-11(12(15)17-13(14)16)7-6-10-5-4-9-18-10/h6-7H,2-5,8-9H2,1H3/b10-6-,11-7+. The Labute approximate surface area is 111 Å². The number of amides is 1. The molecular weight excluding hydrogens is 250 g/mol. The molecule has 18 heavy (non-hydrogen) atoms. The molecule has 4 nitrogen and oxygen atoms in total. The van der Waals surface area contributed by atoms with E-state index in [4.69, 9.17) is 0 Å². The summed E-state index contributed by atoms with van der Waals surface area (Å²) in [5, 5.41) is 0. The molecule has 98 valence electrons. The summed E-state index contributed by atoms with van der Waals surface area (Å²) in [6, 6.07) is 0. The molecule has 0 N–H and O–H groups in total. The number of rotatable bonds is 4. The van der Waals surface area contributed by atoms with Crippen molar-refractivity contribution < 1.29 is 14.3 Å². The number of cyclic esters (lactones) is 2. The lowest BCUT2D eigenvalue weighted by Crippen LogP contribution is -2.24. The molecule has 2 saturated heterocycles. The summed E-state index contributed by atoms with van der Waals surface area (Å²) in [5.41, 5.74) is 0.369. The van der Waals surface area contributed by atoms with E-state index in [-0.39, 0.29) is 0 Å². The number of unbranched alkanes of at least 4 members (excludes halogenated alkanes) is 1. The highest BCUT2D eigenvalue weighted by Gasteiger charge is 2.34. The summed E-state index contributed by atoms with van der Waals surface area (Å²) in [7, 11) is 0. The number of thioether (sulfide) groups is 1. The third-order valence-electron chi connectivity index (χ3n) is 2.92. The molecule has 5 heteroatoms. The van der Waals surface area contributed by atoms with E-state index < -0.39 is 12.1 Å². The summed E-state index contributed by atoms with van der Waals surface area (Å²) in [6.45, 7) is 2.59. The minimum atomic E-state index is -0.544. The van der Waals surface area contributed by atoms with Gasteiger partial charge in [-0.05, 0) is 36.0 Å². The number of carbonyl (C=O) groups excluding carboxylic acids is 2. The Balaban J connectivity index is 2.11. The van der Waals surface area contributed by atoms with Crippen molar-refractivity contribution >= 4 is 23.8 Å². The Hall–Kier alpha value is -1.23. The molecule has 0 unspecified atom stereocenters. The van der Waals surface area contributed by atoms with Gasteiger partial charge in [0.2, 0.25) is 0 Å². The van der Waals surface area contributed by atoms with Gasteiger partial charge in [0, 0.05) is 6.54 Å². The van der Waals surface area contributed by atoms with Gasteiger partial charge in [-0.25, -0.2) is 9.59 Å². The lowest BCUT2D eigenvalue weighted by molar-refractivity contribution is -0.130. The van der Waals surface area contributed by atoms with Gasteiger partial charge in [-0.2, -0.15) is 0 Å². The van der Waals surface area contributed by atoms with Crippen LogP contribution in [0.4, 0.5) is 4.79 Å². The fraction of sp³-hybridized carbons (Fsp3) is 0.538. The zero-order valence-corrected chi connectivity index (χ0v) is 11.3. The van der Waals surface area contributed by atoms with Crippen LogP contribution >= 0.6 is 11.8 Å². The van der Waals surface area contributed by atoms with E-state index in [0.717, 1.165) is 25.0 Å². The van der Waals surface area contributed by atoms with Crippen LogP contribution in [0.25, 0.3) is 0 Å². The van der Waals surface area contributed by atoms with Gasteiger partial charge in [0.05, 0.1) is 0 Å². The molecule has 2 aliphatic heterocycles. The van der Waals surface area contributed by atoms with Crippen LogP contribution in [-0.4, -0.2) is 29.3 Å². The van der Waals surface area contributed by atoms with Crippen molar-refractivity contribution in [2.24, 2.45) is 0 Å². The van der Waals surface area contributed by atoms with Crippen molar-refractivity contribution in [3.63, 3.8) is 0 Å². The molecule has 0 radical (unpaired) electrons. The zero-order chi connectivity index (χ0) is 13.0. The highest BCUT2D eigenvalue weighted by Crippen LogP contribution is 2.30. The second-order valence-electron chi connectivity index (χ2n) is 4.30. The third kappa shape index (κ3) is 2.96. The number of allylic oxidation sites excluding steroid dienone is 3. The van der Waals surface area contributed by atoms with Crippen LogP contribution in [0.3, 0.4) is 0 Å².